The molecule has 2 aliphatic heterocycles. The van der Waals surface area contributed by atoms with Gasteiger partial charge in [0.1, 0.15) is 5.60 Å². The lowest BCUT2D eigenvalue weighted by Crippen LogP contribution is -2.38. The third kappa shape index (κ3) is 4.66. The van der Waals surface area contributed by atoms with Crippen LogP contribution in [-0.4, -0.2) is 47.2 Å². The largest absolute Gasteiger partial charge is 0.444 e. The summed E-state index contributed by atoms with van der Waals surface area (Å²) in [6.07, 6.45) is 6.63. The molecule has 3 rings (SSSR count). The number of hydrogen-bond acceptors (Lipinski definition) is 3. The highest BCUT2D eigenvalue weighted by atomic mass is 16.6. The summed E-state index contributed by atoms with van der Waals surface area (Å²) in [4.78, 5) is 16.7. The Morgan fingerprint density at radius 1 is 1.26 bits per heavy atom. The molecule has 0 N–H and O–H groups in total. The first-order valence-corrected chi connectivity index (χ1v) is 10.2. The Labute approximate surface area is 163 Å². The molecule has 2 unspecified atom stereocenters. The highest BCUT2D eigenvalue weighted by Gasteiger charge is 2.31. The van der Waals surface area contributed by atoms with Crippen molar-refractivity contribution in [3.8, 4) is 0 Å². The molecule has 1 saturated heterocycles. The maximum Gasteiger partial charge on any atom is 0.410 e. The molecule has 2 heterocycles. The molecule has 1 aromatic rings. The van der Waals surface area contributed by atoms with Gasteiger partial charge in [-0.25, -0.2) is 4.79 Å². The molecule has 1 fully saturated rings. The van der Waals surface area contributed by atoms with Crippen molar-refractivity contribution in [1.82, 2.24) is 9.80 Å². The predicted molar refractivity (Wildman–Crippen MR) is 111 cm³/mol. The number of carbonyl (C=O) groups is 1. The van der Waals surface area contributed by atoms with Crippen LogP contribution < -0.4 is 10.4 Å². The van der Waals surface area contributed by atoms with Gasteiger partial charge in [-0.2, -0.15) is 0 Å². The molecular weight excluding hydrogens is 336 g/mol. The summed E-state index contributed by atoms with van der Waals surface area (Å²) >= 11 is 0. The summed E-state index contributed by atoms with van der Waals surface area (Å²) < 4.78 is 5.54. The molecule has 1 aromatic carbocycles. The van der Waals surface area contributed by atoms with Crippen LogP contribution in [0.1, 0.15) is 51.7 Å². The topological polar surface area (TPSA) is 32.8 Å². The number of ether oxygens (including phenoxy) is 1. The fourth-order valence-corrected chi connectivity index (χ4v) is 3.94. The monoisotopic (exact) mass is 370 g/mol. The van der Waals surface area contributed by atoms with Gasteiger partial charge in [0, 0.05) is 37.1 Å². The molecule has 2 aliphatic rings. The van der Waals surface area contributed by atoms with Crippen molar-refractivity contribution in [2.75, 3.05) is 19.6 Å². The van der Waals surface area contributed by atoms with E-state index in [0.717, 1.165) is 32.5 Å². The molecule has 1 amide bonds. The number of likely N-dealkylation sites (tertiary alicyclic amines) is 1. The summed E-state index contributed by atoms with van der Waals surface area (Å²) in [6.45, 7) is 15.0. The third-order valence-electron chi connectivity index (χ3n) is 5.77. The van der Waals surface area contributed by atoms with Crippen LogP contribution in [0.25, 0.3) is 12.3 Å². The third-order valence-corrected chi connectivity index (χ3v) is 5.77. The molecule has 2 atom stereocenters. The van der Waals surface area contributed by atoms with Crippen LogP contribution in [-0.2, 0) is 4.74 Å². The Balaban J connectivity index is 1.73. The van der Waals surface area contributed by atoms with Crippen LogP contribution in [0.15, 0.2) is 12.1 Å². The number of fused-ring (bicyclic) bond motifs is 1. The minimum absolute atomic E-state index is 0.178. The van der Waals surface area contributed by atoms with Crippen LogP contribution in [0.4, 0.5) is 4.79 Å². The van der Waals surface area contributed by atoms with Crippen LogP contribution in [0, 0.1) is 19.8 Å². The Kier molecular flexibility index (Phi) is 5.55. The molecule has 0 spiro atoms. The van der Waals surface area contributed by atoms with Crippen molar-refractivity contribution in [2.24, 2.45) is 5.92 Å². The highest BCUT2D eigenvalue weighted by molar-refractivity contribution is 5.68. The maximum absolute atomic E-state index is 12.3. The fourth-order valence-electron chi connectivity index (χ4n) is 3.94. The minimum atomic E-state index is -0.433. The zero-order valence-corrected chi connectivity index (χ0v) is 17.7. The minimum Gasteiger partial charge on any atom is -0.444 e. The van der Waals surface area contributed by atoms with E-state index in [4.69, 9.17) is 4.74 Å². The Morgan fingerprint density at radius 3 is 2.70 bits per heavy atom. The second kappa shape index (κ2) is 7.57. The van der Waals surface area contributed by atoms with E-state index in [9.17, 15) is 4.79 Å². The molecule has 0 bridgehead atoms. The van der Waals surface area contributed by atoms with E-state index in [0.29, 0.717) is 12.0 Å². The summed E-state index contributed by atoms with van der Waals surface area (Å²) in [7, 11) is 0. The summed E-state index contributed by atoms with van der Waals surface area (Å²) in [5.74, 6) is 0.489. The average molecular weight is 371 g/mol. The van der Waals surface area contributed by atoms with Gasteiger partial charge in [-0.05, 0) is 76.6 Å². The van der Waals surface area contributed by atoms with Crippen LogP contribution in [0.2, 0.25) is 0 Å². The van der Waals surface area contributed by atoms with E-state index < -0.39 is 5.60 Å². The number of benzene rings is 1. The number of aryl methyl sites for hydroxylation is 1. The maximum atomic E-state index is 12.3. The molecule has 4 nitrogen and oxygen atoms in total. The summed E-state index contributed by atoms with van der Waals surface area (Å²) in [6, 6.07) is 4.92. The van der Waals surface area contributed by atoms with Gasteiger partial charge in [-0.1, -0.05) is 18.2 Å². The SMILES string of the molecule is Cc1ccc2c(c1C)=CN(CC1CCN(C(=O)OC(C)(C)C)C1)C(C)CC=2. The molecule has 0 aliphatic carbocycles. The first kappa shape index (κ1) is 19.8. The first-order chi connectivity index (χ1) is 12.6. The Bertz CT molecular complexity index is 822. The molecule has 0 aromatic heterocycles. The second-order valence-electron chi connectivity index (χ2n) is 9.21. The van der Waals surface area contributed by atoms with E-state index in [1.165, 1.54) is 21.6 Å². The summed E-state index contributed by atoms with van der Waals surface area (Å²) in [5, 5.41) is 2.69. The van der Waals surface area contributed by atoms with Gasteiger partial charge >= 0.3 is 6.09 Å². The first-order valence-electron chi connectivity index (χ1n) is 10.2. The van der Waals surface area contributed by atoms with Gasteiger partial charge in [0.05, 0.1) is 0 Å². The van der Waals surface area contributed by atoms with Crippen molar-refractivity contribution in [1.29, 1.82) is 0 Å². The van der Waals surface area contributed by atoms with Crippen LogP contribution in [0.5, 0.6) is 0 Å². The standard InChI is InChI=1S/C23H34N2O2/c1-16-7-9-20-10-8-17(2)25(15-21(20)18(16)3)14-19-11-12-24(13-19)22(26)27-23(4,5)6/h7,9-10,15,17,19H,8,11-14H2,1-6H3. The van der Waals surface area contributed by atoms with Gasteiger partial charge in [-0.3, -0.25) is 0 Å². The quantitative estimate of drug-likeness (QED) is 0.802. The number of carbonyl (C=O) groups excluding carboxylic acids is 1. The fraction of sp³-hybridized carbons (Fsp3) is 0.609. The lowest BCUT2D eigenvalue weighted by molar-refractivity contribution is 0.0286. The number of hydrogen-bond donors (Lipinski definition) is 0. The molecule has 0 radical (unpaired) electrons. The lowest BCUT2D eigenvalue weighted by Gasteiger charge is -2.29. The lowest BCUT2D eigenvalue weighted by atomic mass is 10.1. The normalized spacial score (nSPS) is 22.6. The highest BCUT2D eigenvalue weighted by Crippen LogP contribution is 2.22. The van der Waals surface area contributed by atoms with Gasteiger partial charge in [0.15, 0.2) is 0 Å². The van der Waals surface area contributed by atoms with E-state index in [2.05, 4.69) is 50.1 Å². The van der Waals surface area contributed by atoms with Gasteiger partial charge in [-0.15, -0.1) is 0 Å². The molecule has 148 valence electrons. The van der Waals surface area contributed by atoms with Gasteiger partial charge in [0.2, 0.25) is 0 Å². The predicted octanol–water partition coefficient (Wildman–Crippen LogP) is 3.17. The van der Waals surface area contributed by atoms with Crippen molar-refractivity contribution >= 4 is 18.4 Å². The van der Waals surface area contributed by atoms with Gasteiger partial charge in [0.25, 0.3) is 0 Å². The molecule has 4 heteroatoms. The van der Waals surface area contributed by atoms with Crippen molar-refractivity contribution < 1.29 is 9.53 Å². The Morgan fingerprint density at radius 2 is 2.00 bits per heavy atom. The zero-order valence-electron chi connectivity index (χ0n) is 17.7. The number of nitrogens with zero attached hydrogens (tertiary/aromatic N) is 2. The van der Waals surface area contributed by atoms with Crippen LogP contribution in [0.3, 0.4) is 0 Å². The average Bonchev–Trinajstić information content (AvgIpc) is 2.98. The van der Waals surface area contributed by atoms with Crippen molar-refractivity contribution in [3.05, 3.63) is 33.7 Å². The van der Waals surface area contributed by atoms with Gasteiger partial charge < -0.3 is 14.5 Å². The summed E-state index contributed by atoms with van der Waals surface area (Å²) in [5.41, 5.74) is 2.27. The molecule has 0 saturated carbocycles. The Hall–Kier alpha value is -1.97. The van der Waals surface area contributed by atoms with E-state index in [-0.39, 0.29) is 6.09 Å². The number of rotatable bonds is 2. The molecule has 27 heavy (non-hydrogen) atoms. The molecular formula is C23H34N2O2. The zero-order chi connectivity index (χ0) is 19.8. The second-order valence-corrected chi connectivity index (χ2v) is 9.21. The van der Waals surface area contributed by atoms with Crippen molar-refractivity contribution in [2.45, 2.75) is 66.0 Å². The van der Waals surface area contributed by atoms with E-state index in [1.807, 2.05) is 25.7 Å². The van der Waals surface area contributed by atoms with E-state index in [1.54, 1.807) is 0 Å². The van der Waals surface area contributed by atoms with E-state index >= 15 is 0 Å². The smallest absolute Gasteiger partial charge is 0.410 e. The van der Waals surface area contributed by atoms with Crippen LogP contribution >= 0.6 is 0 Å². The number of amides is 1. The van der Waals surface area contributed by atoms with Crippen molar-refractivity contribution in [3.63, 3.8) is 0 Å².